The molecule has 1 amide bonds. The highest BCUT2D eigenvalue weighted by atomic mass is 19.4. The number of halogens is 3. The van der Waals surface area contributed by atoms with Crippen LogP contribution in [0.4, 0.5) is 13.2 Å². The van der Waals surface area contributed by atoms with Gasteiger partial charge in [0.1, 0.15) is 11.4 Å². The van der Waals surface area contributed by atoms with Crippen LogP contribution in [0, 0.1) is 0 Å². The first kappa shape index (κ1) is 16.6. The van der Waals surface area contributed by atoms with Gasteiger partial charge in [-0.2, -0.15) is 13.2 Å². The molecule has 136 valence electrons. The quantitative estimate of drug-likeness (QED) is 0.758. The highest BCUT2D eigenvalue weighted by Gasteiger charge is 2.35. The summed E-state index contributed by atoms with van der Waals surface area (Å²) in [7, 11) is 0. The molecule has 4 heterocycles. The normalized spacial score (nSPS) is 16.3. The Morgan fingerprint density at radius 1 is 1.27 bits per heavy atom. The molecule has 1 N–H and O–H groups in total. The third kappa shape index (κ3) is 2.91. The Bertz CT molecular complexity index is 925. The lowest BCUT2D eigenvalue weighted by Crippen LogP contribution is -2.38. The van der Waals surface area contributed by atoms with Gasteiger partial charge in [0, 0.05) is 37.1 Å². The lowest BCUT2D eigenvalue weighted by Gasteiger charge is -2.32. The second-order valence-electron chi connectivity index (χ2n) is 6.19. The van der Waals surface area contributed by atoms with Gasteiger partial charge in [-0.15, -0.1) is 0 Å². The second-order valence-corrected chi connectivity index (χ2v) is 6.19. The van der Waals surface area contributed by atoms with Crippen molar-refractivity contribution in [3.05, 3.63) is 48.1 Å². The van der Waals surface area contributed by atoms with Crippen LogP contribution in [0.3, 0.4) is 0 Å². The van der Waals surface area contributed by atoms with E-state index in [1.54, 1.807) is 15.5 Å². The topological polar surface area (TPSA) is 79.2 Å². The van der Waals surface area contributed by atoms with Gasteiger partial charge in [-0.25, -0.2) is 15.0 Å². The van der Waals surface area contributed by atoms with Gasteiger partial charge < -0.3 is 9.88 Å². The molecule has 1 aliphatic heterocycles. The minimum Gasteiger partial charge on any atom is -0.341 e. The van der Waals surface area contributed by atoms with E-state index in [0.717, 1.165) is 6.07 Å². The maximum Gasteiger partial charge on any atom is 0.433 e. The van der Waals surface area contributed by atoms with Crippen LogP contribution >= 0.6 is 0 Å². The van der Waals surface area contributed by atoms with Crippen LogP contribution in [0.5, 0.6) is 0 Å². The Morgan fingerprint density at radius 2 is 2.04 bits per heavy atom. The first-order valence-electron chi connectivity index (χ1n) is 8.12. The summed E-state index contributed by atoms with van der Waals surface area (Å²) in [6.07, 6.45) is 2.54. The number of alkyl halides is 3. The minimum absolute atomic E-state index is 0.0331. The third-order valence-corrected chi connectivity index (χ3v) is 4.62. The number of amides is 1. The van der Waals surface area contributed by atoms with E-state index in [0.29, 0.717) is 37.3 Å². The maximum atomic E-state index is 13.1. The molecule has 0 bridgehead atoms. The number of H-pyrrole nitrogens is 1. The number of imidazole rings is 2. The number of nitrogens with one attached hydrogen (secondary N) is 1. The zero-order valence-electron chi connectivity index (χ0n) is 13.6. The Hall–Kier alpha value is -2.91. The van der Waals surface area contributed by atoms with Gasteiger partial charge in [0.2, 0.25) is 5.78 Å². The second kappa shape index (κ2) is 6.11. The number of carbonyl (C=O) groups excluding carboxylic acids is 1. The average Bonchev–Trinajstić information content (AvgIpc) is 3.31. The Labute approximate surface area is 145 Å². The summed E-state index contributed by atoms with van der Waals surface area (Å²) in [5.41, 5.74) is -0.0145. The molecular weight excluding hydrogens is 349 g/mol. The van der Waals surface area contributed by atoms with E-state index in [1.165, 1.54) is 18.7 Å². The molecule has 0 atom stereocenters. The van der Waals surface area contributed by atoms with Crippen molar-refractivity contribution in [1.82, 2.24) is 29.2 Å². The van der Waals surface area contributed by atoms with E-state index in [1.807, 2.05) is 0 Å². The molecule has 0 saturated carbocycles. The van der Waals surface area contributed by atoms with Crippen LogP contribution in [-0.4, -0.2) is 48.2 Å². The molecule has 0 spiro atoms. The Balaban J connectivity index is 1.58. The van der Waals surface area contributed by atoms with Crippen LogP contribution in [0.25, 0.3) is 5.78 Å². The van der Waals surface area contributed by atoms with Gasteiger partial charge >= 0.3 is 6.18 Å². The zero-order valence-corrected chi connectivity index (χ0v) is 13.6. The Morgan fingerprint density at radius 3 is 2.69 bits per heavy atom. The third-order valence-electron chi connectivity index (χ3n) is 4.62. The van der Waals surface area contributed by atoms with Crippen molar-refractivity contribution < 1.29 is 18.0 Å². The first-order valence-corrected chi connectivity index (χ1v) is 8.12. The van der Waals surface area contributed by atoms with Crippen molar-refractivity contribution in [2.75, 3.05) is 13.1 Å². The van der Waals surface area contributed by atoms with E-state index in [-0.39, 0.29) is 17.6 Å². The molecule has 1 fully saturated rings. The summed E-state index contributed by atoms with van der Waals surface area (Å²) in [6.45, 7) is 0.921. The van der Waals surface area contributed by atoms with Gasteiger partial charge in [0.15, 0.2) is 0 Å². The summed E-state index contributed by atoms with van der Waals surface area (Å²) in [5, 5.41) is 0. The lowest BCUT2D eigenvalue weighted by atomic mass is 9.92. The number of aromatic amines is 1. The van der Waals surface area contributed by atoms with Gasteiger partial charge in [0.05, 0.1) is 12.5 Å². The van der Waals surface area contributed by atoms with Crippen LogP contribution in [0.15, 0.2) is 31.0 Å². The van der Waals surface area contributed by atoms with Crippen molar-refractivity contribution in [1.29, 1.82) is 0 Å². The molecule has 4 rings (SSSR count). The van der Waals surface area contributed by atoms with Crippen molar-refractivity contribution >= 4 is 11.7 Å². The largest absolute Gasteiger partial charge is 0.433 e. The van der Waals surface area contributed by atoms with Gasteiger partial charge in [-0.1, -0.05) is 0 Å². The Kier molecular flexibility index (Phi) is 3.89. The van der Waals surface area contributed by atoms with Crippen molar-refractivity contribution in [3.8, 4) is 0 Å². The van der Waals surface area contributed by atoms with E-state index in [2.05, 4.69) is 19.9 Å². The van der Waals surface area contributed by atoms with Crippen molar-refractivity contribution in [3.63, 3.8) is 0 Å². The molecular formula is C16H15F3N6O. The number of rotatable bonds is 2. The lowest BCUT2D eigenvalue weighted by molar-refractivity contribution is -0.141. The van der Waals surface area contributed by atoms with Crippen LogP contribution in [0.2, 0.25) is 0 Å². The molecule has 1 aliphatic rings. The molecule has 7 nitrogen and oxygen atoms in total. The monoisotopic (exact) mass is 364 g/mol. The van der Waals surface area contributed by atoms with Crippen LogP contribution in [-0.2, 0) is 6.18 Å². The van der Waals surface area contributed by atoms with E-state index >= 15 is 0 Å². The summed E-state index contributed by atoms with van der Waals surface area (Å²) in [5.74, 6) is -0.230. The molecule has 0 radical (unpaired) electrons. The number of nitrogens with zero attached hydrogens (tertiary/aromatic N) is 5. The summed E-state index contributed by atoms with van der Waals surface area (Å²) in [4.78, 5) is 28.1. The molecule has 26 heavy (non-hydrogen) atoms. The standard InChI is InChI=1S/C16H15F3N6O/c17-16(18,19)13-7-12(25-6-3-21-15(25)23-13)10-1-4-24(5-2-10)14(26)11-8-20-9-22-11/h3,6-10H,1-2,4-5H2,(H,20,22). The van der Waals surface area contributed by atoms with Crippen LogP contribution in [0.1, 0.15) is 40.6 Å². The molecule has 0 aromatic carbocycles. The van der Waals surface area contributed by atoms with Crippen molar-refractivity contribution in [2.45, 2.75) is 24.9 Å². The molecule has 3 aromatic heterocycles. The van der Waals surface area contributed by atoms with Gasteiger partial charge in [0.25, 0.3) is 5.91 Å². The number of carbonyl (C=O) groups is 1. The highest BCUT2D eigenvalue weighted by molar-refractivity contribution is 5.92. The molecule has 0 aliphatic carbocycles. The van der Waals surface area contributed by atoms with Crippen LogP contribution < -0.4 is 0 Å². The predicted octanol–water partition coefficient (Wildman–Crippen LogP) is 2.49. The van der Waals surface area contributed by atoms with Gasteiger partial charge in [-0.3, -0.25) is 9.20 Å². The van der Waals surface area contributed by atoms with E-state index < -0.39 is 11.9 Å². The van der Waals surface area contributed by atoms with Gasteiger partial charge in [-0.05, 0) is 18.9 Å². The highest BCUT2D eigenvalue weighted by Crippen LogP contribution is 2.33. The van der Waals surface area contributed by atoms with E-state index in [9.17, 15) is 18.0 Å². The number of likely N-dealkylation sites (tertiary alicyclic amines) is 1. The maximum absolute atomic E-state index is 13.1. The summed E-state index contributed by atoms with van der Waals surface area (Å²) < 4.78 is 41.0. The predicted molar refractivity (Wildman–Crippen MR) is 84.5 cm³/mol. The zero-order chi connectivity index (χ0) is 18.3. The number of aromatic nitrogens is 5. The summed E-state index contributed by atoms with van der Waals surface area (Å²) in [6, 6.07) is 1.09. The number of fused-ring (bicyclic) bond motifs is 1. The number of hydrogen-bond donors (Lipinski definition) is 1. The smallest absolute Gasteiger partial charge is 0.341 e. The minimum atomic E-state index is -4.53. The fourth-order valence-electron chi connectivity index (χ4n) is 3.31. The molecule has 3 aromatic rings. The number of piperidine rings is 1. The molecule has 1 saturated heterocycles. The van der Waals surface area contributed by atoms with Crippen molar-refractivity contribution in [2.24, 2.45) is 0 Å². The molecule has 10 heteroatoms. The fourth-order valence-corrected chi connectivity index (χ4v) is 3.31. The summed E-state index contributed by atoms with van der Waals surface area (Å²) >= 11 is 0. The van der Waals surface area contributed by atoms with E-state index in [4.69, 9.17) is 0 Å². The number of hydrogen-bond acceptors (Lipinski definition) is 4. The fraction of sp³-hybridized carbons (Fsp3) is 0.375. The average molecular weight is 364 g/mol. The molecule has 0 unspecified atom stereocenters. The first-order chi connectivity index (χ1) is 12.4. The SMILES string of the molecule is O=C(c1cnc[nH]1)N1CCC(c2cc(C(F)(F)F)nc3nccn23)CC1.